The first-order valence-corrected chi connectivity index (χ1v) is 10.0. The molecule has 0 spiro atoms. The second-order valence-corrected chi connectivity index (χ2v) is 8.81. The second-order valence-electron chi connectivity index (χ2n) is 6.98. The normalized spacial score (nSPS) is 14.6. The van der Waals surface area contributed by atoms with Crippen LogP contribution in [-0.2, 0) is 5.41 Å². The summed E-state index contributed by atoms with van der Waals surface area (Å²) in [4.78, 5) is 2.33. The van der Waals surface area contributed by atoms with Crippen LogP contribution in [0.4, 0.5) is 17.1 Å². The molecule has 0 aromatic heterocycles. The van der Waals surface area contributed by atoms with Crippen LogP contribution in [0.1, 0.15) is 25.0 Å². The van der Waals surface area contributed by atoms with Crippen LogP contribution in [0.2, 0.25) is 0 Å². The van der Waals surface area contributed by atoms with Crippen molar-refractivity contribution < 1.29 is 4.74 Å². The number of benzene rings is 3. The second kappa shape index (κ2) is 6.43. The molecule has 3 aromatic rings. The maximum Gasteiger partial charge on any atom is 0.119 e. The number of rotatable bonds is 2. The van der Waals surface area contributed by atoms with Crippen LogP contribution < -0.4 is 9.64 Å². The largest absolute Gasteiger partial charge is 0.497 e. The first kappa shape index (κ1) is 17.6. The molecular weight excluding hydrogens is 454 g/mol. The Morgan fingerprint density at radius 2 is 1.27 bits per heavy atom. The van der Waals surface area contributed by atoms with Gasteiger partial charge in [-0.15, -0.1) is 0 Å². The van der Waals surface area contributed by atoms with Crippen molar-refractivity contribution in [2.75, 3.05) is 12.0 Å². The zero-order valence-corrected chi connectivity index (χ0v) is 18.1. The lowest BCUT2D eigenvalue weighted by Crippen LogP contribution is -2.30. The summed E-state index contributed by atoms with van der Waals surface area (Å²) in [5, 5.41) is 0. The summed E-state index contributed by atoms with van der Waals surface area (Å²) in [5.41, 5.74) is 6.03. The Morgan fingerprint density at radius 1 is 0.769 bits per heavy atom. The van der Waals surface area contributed by atoms with Crippen molar-refractivity contribution in [2.45, 2.75) is 19.3 Å². The van der Waals surface area contributed by atoms with E-state index < -0.39 is 0 Å². The van der Waals surface area contributed by atoms with Crippen LogP contribution in [0.15, 0.2) is 69.6 Å². The van der Waals surface area contributed by atoms with Gasteiger partial charge in [-0.2, -0.15) is 0 Å². The predicted molar refractivity (Wildman–Crippen MR) is 115 cm³/mol. The third-order valence-electron chi connectivity index (χ3n) is 5.08. The number of anilines is 3. The fourth-order valence-corrected chi connectivity index (χ4v) is 4.41. The first-order chi connectivity index (χ1) is 12.4. The van der Waals surface area contributed by atoms with E-state index in [1.807, 2.05) is 12.1 Å². The minimum atomic E-state index is -0.0960. The molecule has 2 nitrogen and oxygen atoms in total. The number of ether oxygens (including phenoxy) is 1. The highest BCUT2D eigenvalue weighted by atomic mass is 79.9. The summed E-state index contributed by atoms with van der Waals surface area (Å²) in [5.74, 6) is 0.859. The molecule has 0 saturated carbocycles. The van der Waals surface area contributed by atoms with Gasteiger partial charge in [0, 0.05) is 20.0 Å². The highest BCUT2D eigenvalue weighted by Gasteiger charge is 2.37. The Kier molecular flexibility index (Phi) is 4.36. The number of methoxy groups -OCH3 is 1. The number of hydrogen-bond donors (Lipinski definition) is 0. The summed E-state index contributed by atoms with van der Waals surface area (Å²) in [6.07, 6.45) is 0. The molecule has 0 amide bonds. The fourth-order valence-electron chi connectivity index (χ4n) is 3.69. The Balaban J connectivity index is 2.00. The van der Waals surface area contributed by atoms with Gasteiger partial charge in [0.1, 0.15) is 5.75 Å². The Hall–Kier alpha value is -1.78. The van der Waals surface area contributed by atoms with Gasteiger partial charge in [-0.3, -0.25) is 0 Å². The molecule has 0 radical (unpaired) electrons. The SMILES string of the molecule is COc1ccc(N2c3ccc(Br)cc3C(C)(C)c3cc(Br)ccc32)cc1. The molecule has 1 aliphatic heterocycles. The highest BCUT2D eigenvalue weighted by molar-refractivity contribution is 9.10. The molecule has 1 aliphatic rings. The van der Waals surface area contributed by atoms with Gasteiger partial charge in [0.2, 0.25) is 0 Å². The quantitative estimate of drug-likeness (QED) is 0.387. The lowest BCUT2D eigenvalue weighted by molar-refractivity contribution is 0.415. The monoisotopic (exact) mass is 471 g/mol. The molecular formula is C22H19Br2NO. The number of nitrogens with zero attached hydrogens (tertiary/aromatic N) is 1. The number of hydrogen-bond acceptors (Lipinski definition) is 2. The summed E-state index contributed by atoms with van der Waals surface area (Å²) in [7, 11) is 1.69. The van der Waals surface area contributed by atoms with Crippen molar-refractivity contribution >= 4 is 48.9 Å². The molecule has 0 atom stereocenters. The third-order valence-corrected chi connectivity index (χ3v) is 6.06. The topological polar surface area (TPSA) is 12.5 Å². The standard InChI is InChI=1S/C22H19Br2NO/c1-22(2)18-12-14(23)4-10-20(18)25(16-6-8-17(26-3)9-7-16)21-11-5-15(24)13-19(21)22/h4-13H,1-3H3. The van der Waals surface area contributed by atoms with Crippen LogP contribution in [-0.4, -0.2) is 7.11 Å². The molecule has 26 heavy (non-hydrogen) atoms. The van der Waals surface area contributed by atoms with Gasteiger partial charge in [-0.25, -0.2) is 0 Å². The number of halogens is 2. The minimum absolute atomic E-state index is 0.0960. The molecule has 1 heterocycles. The molecule has 4 rings (SSSR count). The van der Waals surface area contributed by atoms with E-state index in [-0.39, 0.29) is 5.41 Å². The molecule has 3 aromatic carbocycles. The summed E-state index contributed by atoms with van der Waals surface area (Å²) >= 11 is 7.29. The van der Waals surface area contributed by atoms with E-state index in [0.717, 1.165) is 20.4 Å². The van der Waals surface area contributed by atoms with E-state index in [2.05, 4.69) is 99.1 Å². The minimum Gasteiger partial charge on any atom is -0.497 e. The molecule has 0 aliphatic carbocycles. The lowest BCUT2D eigenvalue weighted by Gasteiger charge is -2.42. The lowest BCUT2D eigenvalue weighted by atomic mass is 9.73. The van der Waals surface area contributed by atoms with Gasteiger partial charge < -0.3 is 9.64 Å². The molecule has 0 unspecified atom stereocenters. The van der Waals surface area contributed by atoms with Crippen molar-refractivity contribution in [3.05, 3.63) is 80.7 Å². The van der Waals surface area contributed by atoms with E-state index in [4.69, 9.17) is 4.74 Å². The fraction of sp³-hybridized carbons (Fsp3) is 0.182. The van der Waals surface area contributed by atoms with Crippen molar-refractivity contribution in [1.29, 1.82) is 0 Å². The zero-order valence-electron chi connectivity index (χ0n) is 14.9. The van der Waals surface area contributed by atoms with Crippen LogP contribution in [0, 0.1) is 0 Å². The van der Waals surface area contributed by atoms with E-state index in [0.29, 0.717) is 0 Å². The Labute approximate surface area is 171 Å². The Bertz CT molecular complexity index is 924. The van der Waals surface area contributed by atoms with Crippen molar-refractivity contribution in [3.63, 3.8) is 0 Å². The average Bonchev–Trinajstić information content (AvgIpc) is 2.63. The smallest absolute Gasteiger partial charge is 0.119 e. The van der Waals surface area contributed by atoms with E-state index in [9.17, 15) is 0 Å². The van der Waals surface area contributed by atoms with Gasteiger partial charge in [0.05, 0.1) is 18.5 Å². The van der Waals surface area contributed by atoms with E-state index >= 15 is 0 Å². The molecule has 0 N–H and O–H groups in total. The van der Waals surface area contributed by atoms with Crippen molar-refractivity contribution in [1.82, 2.24) is 0 Å². The average molecular weight is 473 g/mol. The zero-order chi connectivity index (χ0) is 18.5. The summed E-state index contributed by atoms with van der Waals surface area (Å²) < 4.78 is 7.52. The summed E-state index contributed by atoms with van der Waals surface area (Å²) in [6, 6.07) is 21.3. The molecule has 132 valence electrons. The number of fused-ring (bicyclic) bond motifs is 2. The van der Waals surface area contributed by atoms with Gasteiger partial charge in [-0.1, -0.05) is 45.7 Å². The van der Waals surface area contributed by atoms with Gasteiger partial charge in [0.15, 0.2) is 0 Å². The predicted octanol–water partition coefficient (Wildman–Crippen LogP) is 7.33. The van der Waals surface area contributed by atoms with Gasteiger partial charge in [-0.05, 0) is 71.8 Å². The van der Waals surface area contributed by atoms with Crippen LogP contribution in [0.25, 0.3) is 0 Å². The molecule has 4 heteroatoms. The van der Waals surface area contributed by atoms with Crippen LogP contribution >= 0.6 is 31.9 Å². The van der Waals surface area contributed by atoms with E-state index in [1.54, 1.807) is 7.11 Å². The van der Waals surface area contributed by atoms with E-state index in [1.165, 1.54) is 22.5 Å². The maximum absolute atomic E-state index is 5.33. The third kappa shape index (κ3) is 2.76. The molecule has 0 fully saturated rings. The highest BCUT2D eigenvalue weighted by Crippen LogP contribution is 2.52. The van der Waals surface area contributed by atoms with Crippen molar-refractivity contribution in [2.24, 2.45) is 0 Å². The molecule has 0 saturated heterocycles. The Morgan fingerprint density at radius 3 is 1.73 bits per heavy atom. The van der Waals surface area contributed by atoms with Crippen LogP contribution in [0.3, 0.4) is 0 Å². The van der Waals surface area contributed by atoms with Crippen molar-refractivity contribution in [3.8, 4) is 5.75 Å². The van der Waals surface area contributed by atoms with Gasteiger partial charge in [0.25, 0.3) is 0 Å². The maximum atomic E-state index is 5.33. The first-order valence-electron chi connectivity index (χ1n) is 8.46. The molecule has 0 bridgehead atoms. The summed E-state index contributed by atoms with van der Waals surface area (Å²) in [6.45, 7) is 4.57. The van der Waals surface area contributed by atoms with Crippen LogP contribution in [0.5, 0.6) is 5.75 Å². The van der Waals surface area contributed by atoms with Gasteiger partial charge >= 0.3 is 0 Å².